The number of nitrogens with zero attached hydrogens (tertiary/aromatic N) is 2. The fourth-order valence-corrected chi connectivity index (χ4v) is 1.40. The van der Waals surface area contributed by atoms with Crippen molar-refractivity contribution in [1.29, 1.82) is 0 Å². The average Bonchev–Trinajstić information content (AvgIpc) is 2.65. The first-order valence-electron chi connectivity index (χ1n) is 4.58. The maximum Gasteiger partial charge on any atom is 0.276 e. The zero-order chi connectivity index (χ0) is 9.97. The molecule has 0 bridgehead atoms. The normalized spacial score (nSPS) is 17.1. The number of amides is 1. The molecule has 5 nitrogen and oxygen atoms in total. The average molecular weight is 196 g/mol. The predicted molar refractivity (Wildman–Crippen MR) is 48.0 cm³/mol. The van der Waals surface area contributed by atoms with Gasteiger partial charge in [0.2, 0.25) is 0 Å². The summed E-state index contributed by atoms with van der Waals surface area (Å²) >= 11 is 0. The minimum absolute atomic E-state index is 0.0786. The van der Waals surface area contributed by atoms with Gasteiger partial charge in [-0.05, 0) is 6.92 Å². The van der Waals surface area contributed by atoms with E-state index in [1.807, 2.05) is 0 Å². The summed E-state index contributed by atoms with van der Waals surface area (Å²) in [6.07, 6.45) is 0. The van der Waals surface area contributed by atoms with Crippen LogP contribution in [0.2, 0.25) is 0 Å². The lowest BCUT2D eigenvalue weighted by molar-refractivity contribution is 0.0296. The molecule has 0 atom stereocenters. The second kappa shape index (κ2) is 3.79. The highest BCUT2D eigenvalue weighted by molar-refractivity contribution is 5.92. The Morgan fingerprint density at radius 2 is 2.21 bits per heavy atom. The molecule has 1 aliphatic heterocycles. The Morgan fingerprint density at radius 3 is 2.79 bits per heavy atom. The van der Waals surface area contributed by atoms with Crippen molar-refractivity contribution >= 4 is 5.91 Å². The van der Waals surface area contributed by atoms with E-state index in [1.165, 1.54) is 0 Å². The van der Waals surface area contributed by atoms with Crippen molar-refractivity contribution < 1.29 is 14.1 Å². The van der Waals surface area contributed by atoms with Crippen LogP contribution >= 0.6 is 0 Å². The molecular formula is C9H12N2O3. The van der Waals surface area contributed by atoms with Crippen LogP contribution in [0.15, 0.2) is 10.6 Å². The highest BCUT2D eigenvalue weighted by Crippen LogP contribution is 2.07. The van der Waals surface area contributed by atoms with E-state index in [9.17, 15) is 4.79 Å². The molecule has 0 aliphatic carbocycles. The van der Waals surface area contributed by atoms with E-state index in [0.29, 0.717) is 37.8 Å². The van der Waals surface area contributed by atoms with Crippen LogP contribution in [-0.4, -0.2) is 42.3 Å². The van der Waals surface area contributed by atoms with Crippen LogP contribution in [-0.2, 0) is 4.74 Å². The van der Waals surface area contributed by atoms with E-state index in [1.54, 1.807) is 17.9 Å². The van der Waals surface area contributed by atoms with Crippen molar-refractivity contribution in [3.8, 4) is 0 Å². The van der Waals surface area contributed by atoms with Crippen LogP contribution < -0.4 is 0 Å². The summed E-state index contributed by atoms with van der Waals surface area (Å²) in [5.41, 5.74) is 0.379. The Bertz CT molecular complexity index is 329. The lowest BCUT2D eigenvalue weighted by Crippen LogP contribution is -2.40. The SMILES string of the molecule is Cc1cc(C(=O)N2CCOCC2)no1. The van der Waals surface area contributed by atoms with Gasteiger partial charge in [0, 0.05) is 19.2 Å². The van der Waals surface area contributed by atoms with Crippen molar-refractivity contribution in [2.45, 2.75) is 6.92 Å². The van der Waals surface area contributed by atoms with Gasteiger partial charge in [-0.25, -0.2) is 0 Å². The number of hydrogen-bond donors (Lipinski definition) is 0. The lowest BCUT2D eigenvalue weighted by atomic mass is 10.3. The Hall–Kier alpha value is -1.36. The summed E-state index contributed by atoms with van der Waals surface area (Å²) in [4.78, 5) is 13.5. The molecule has 1 amide bonds. The molecule has 2 rings (SSSR count). The van der Waals surface area contributed by atoms with Crippen LogP contribution in [0.4, 0.5) is 0 Å². The molecular weight excluding hydrogens is 184 g/mol. The van der Waals surface area contributed by atoms with Crippen LogP contribution in [0.3, 0.4) is 0 Å². The Morgan fingerprint density at radius 1 is 1.50 bits per heavy atom. The number of carbonyl (C=O) groups is 1. The second-order valence-electron chi connectivity index (χ2n) is 3.23. The monoisotopic (exact) mass is 196 g/mol. The first kappa shape index (κ1) is 9.21. The summed E-state index contributed by atoms with van der Waals surface area (Å²) in [5, 5.41) is 3.68. The Labute approximate surface area is 81.6 Å². The van der Waals surface area contributed by atoms with E-state index in [-0.39, 0.29) is 5.91 Å². The van der Waals surface area contributed by atoms with Gasteiger partial charge in [0.15, 0.2) is 5.69 Å². The zero-order valence-electron chi connectivity index (χ0n) is 8.02. The molecule has 1 aromatic rings. The fraction of sp³-hybridized carbons (Fsp3) is 0.556. The van der Waals surface area contributed by atoms with Gasteiger partial charge >= 0.3 is 0 Å². The van der Waals surface area contributed by atoms with Crippen LogP contribution in [0.1, 0.15) is 16.2 Å². The molecule has 2 heterocycles. The zero-order valence-corrected chi connectivity index (χ0v) is 8.02. The maximum atomic E-state index is 11.8. The van der Waals surface area contributed by atoms with Gasteiger partial charge in [0.25, 0.3) is 5.91 Å². The number of morpholine rings is 1. The van der Waals surface area contributed by atoms with Gasteiger partial charge in [-0.1, -0.05) is 5.16 Å². The molecule has 0 saturated carbocycles. The third-order valence-electron chi connectivity index (χ3n) is 2.15. The third kappa shape index (κ3) is 1.77. The molecule has 0 unspecified atom stereocenters. The first-order chi connectivity index (χ1) is 6.77. The minimum atomic E-state index is -0.0786. The topological polar surface area (TPSA) is 55.6 Å². The fourth-order valence-electron chi connectivity index (χ4n) is 1.40. The summed E-state index contributed by atoms with van der Waals surface area (Å²) in [6.45, 7) is 4.23. The smallest absolute Gasteiger partial charge is 0.276 e. The third-order valence-corrected chi connectivity index (χ3v) is 2.15. The van der Waals surface area contributed by atoms with Crippen LogP contribution in [0.5, 0.6) is 0 Å². The van der Waals surface area contributed by atoms with Crippen molar-refractivity contribution in [1.82, 2.24) is 10.1 Å². The van der Waals surface area contributed by atoms with Gasteiger partial charge < -0.3 is 14.2 Å². The van der Waals surface area contributed by atoms with Crippen LogP contribution in [0, 0.1) is 6.92 Å². The van der Waals surface area contributed by atoms with E-state index in [0.717, 1.165) is 0 Å². The van der Waals surface area contributed by atoms with Crippen molar-refractivity contribution in [2.75, 3.05) is 26.3 Å². The summed E-state index contributed by atoms with van der Waals surface area (Å²) < 4.78 is 10.0. The van der Waals surface area contributed by atoms with Crippen molar-refractivity contribution in [3.05, 3.63) is 17.5 Å². The molecule has 0 spiro atoms. The highest BCUT2D eigenvalue weighted by Gasteiger charge is 2.20. The molecule has 0 N–H and O–H groups in total. The molecule has 1 saturated heterocycles. The Balaban J connectivity index is 2.07. The predicted octanol–water partition coefficient (Wildman–Crippen LogP) is 0.455. The maximum absolute atomic E-state index is 11.8. The largest absolute Gasteiger partial charge is 0.378 e. The van der Waals surface area contributed by atoms with E-state index < -0.39 is 0 Å². The molecule has 0 aromatic carbocycles. The number of rotatable bonds is 1. The number of aryl methyl sites for hydroxylation is 1. The van der Waals surface area contributed by atoms with E-state index in [4.69, 9.17) is 9.26 Å². The summed E-state index contributed by atoms with van der Waals surface area (Å²) in [5.74, 6) is 0.576. The van der Waals surface area contributed by atoms with Crippen LogP contribution in [0.25, 0.3) is 0 Å². The van der Waals surface area contributed by atoms with Gasteiger partial charge in [0.1, 0.15) is 5.76 Å². The van der Waals surface area contributed by atoms with Gasteiger partial charge in [-0.15, -0.1) is 0 Å². The number of hydrogen-bond acceptors (Lipinski definition) is 4. The molecule has 1 aliphatic rings. The number of carbonyl (C=O) groups excluding carboxylic acids is 1. The summed E-state index contributed by atoms with van der Waals surface area (Å²) in [6, 6.07) is 1.65. The summed E-state index contributed by atoms with van der Waals surface area (Å²) in [7, 11) is 0. The molecule has 0 radical (unpaired) electrons. The molecule has 1 fully saturated rings. The lowest BCUT2D eigenvalue weighted by Gasteiger charge is -2.25. The van der Waals surface area contributed by atoms with E-state index in [2.05, 4.69) is 5.16 Å². The van der Waals surface area contributed by atoms with Gasteiger partial charge in [-0.3, -0.25) is 4.79 Å². The molecule has 14 heavy (non-hydrogen) atoms. The quantitative estimate of drug-likeness (QED) is 0.654. The van der Waals surface area contributed by atoms with Gasteiger partial charge in [0.05, 0.1) is 13.2 Å². The van der Waals surface area contributed by atoms with Gasteiger partial charge in [-0.2, -0.15) is 0 Å². The van der Waals surface area contributed by atoms with Crippen molar-refractivity contribution in [2.24, 2.45) is 0 Å². The standard InChI is InChI=1S/C9H12N2O3/c1-7-6-8(10-14-7)9(12)11-2-4-13-5-3-11/h6H,2-5H2,1H3. The molecule has 76 valence electrons. The number of aromatic nitrogens is 1. The highest BCUT2D eigenvalue weighted by atomic mass is 16.5. The minimum Gasteiger partial charge on any atom is -0.378 e. The first-order valence-corrected chi connectivity index (χ1v) is 4.58. The Kier molecular flexibility index (Phi) is 2.49. The second-order valence-corrected chi connectivity index (χ2v) is 3.23. The van der Waals surface area contributed by atoms with E-state index >= 15 is 0 Å². The molecule has 1 aromatic heterocycles. The number of ether oxygens (including phenoxy) is 1. The molecule has 5 heteroatoms. The van der Waals surface area contributed by atoms with Crippen molar-refractivity contribution in [3.63, 3.8) is 0 Å².